The zero-order valence-electron chi connectivity index (χ0n) is 12.4. The predicted molar refractivity (Wildman–Crippen MR) is 82.6 cm³/mol. The van der Waals surface area contributed by atoms with Gasteiger partial charge in [-0.05, 0) is 35.0 Å². The number of halogens is 2. The van der Waals surface area contributed by atoms with Crippen LogP contribution in [0.4, 0.5) is 14.7 Å². The van der Waals surface area contributed by atoms with Crippen molar-refractivity contribution in [3.63, 3.8) is 0 Å². The number of aromatic nitrogens is 4. The largest absolute Gasteiger partial charge is 0.349 e. The van der Waals surface area contributed by atoms with E-state index in [1.807, 2.05) is 31.2 Å². The molecule has 0 fully saturated rings. The van der Waals surface area contributed by atoms with E-state index in [-0.39, 0.29) is 5.56 Å². The van der Waals surface area contributed by atoms with Gasteiger partial charge in [0.2, 0.25) is 5.95 Å². The number of rotatable bonds is 5. The second-order valence-corrected chi connectivity index (χ2v) is 5.15. The summed E-state index contributed by atoms with van der Waals surface area (Å²) in [6.45, 7) is 2.45. The molecule has 7 heteroatoms. The van der Waals surface area contributed by atoms with Crippen LogP contribution >= 0.6 is 0 Å². The molecular weight excluding hydrogens is 300 g/mol. The quantitative estimate of drug-likeness (QED) is 0.782. The Morgan fingerprint density at radius 1 is 1.04 bits per heavy atom. The number of nitrogens with one attached hydrogen (secondary N) is 1. The molecule has 118 valence electrons. The Bertz CT molecular complexity index is 766. The average molecular weight is 315 g/mol. The summed E-state index contributed by atoms with van der Waals surface area (Å²) in [6, 6.07) is 14.0. The van der Waals surface area contributed by atoms with Gasteiger partial charge in [0.1, 0.15) is 0 Å². The van der Waals surface area contributed by atoms with Gasteiger partial charge in [0.15, 0.2) is 0 Å². The van der Waals surface area contributed by atoms with Gasteiger partial charge in [0.05, 0.1) is 5.69 Å². The highest BCUT2D eigenvalue weighted by atomic mass is 19.3. The first-order chi connectivity index (χ1) is 11.1. The molecule has 3 aromatic rings. The summed E-state index contributed by atoms with van der Waals surface area (Å²) in [6.07, 6.45) is -2.45. The molecule has 0 amide bonds. The van der Waals surface area contributed by atoms with Crippen LogP contribution in [0, 0.1) is 6.92 Å². The lowest BCUT2D eigenvalue weighted by Crippen LogP contribution is -2.07. The molecular formula is C16H15F2N5. The zero-order chi connectivity index (χ0) is 16.2. The topological polar surface area (TPSA) is 55.6 Å². The SMILES string of the molecule is Cc1ccc(-n2nnnc2NCc2ccc(C(F)F)cc2)cc1. The van der Waals surface area contributed by atoms with E-state index >= 15 is 0 Å². The van der Waals surface area contributed by atoms with Crippen LogP contribution in [0.25, 0.3) is 5.69 Å². The predicted octanol–water partition coefficient (Wildman–Crippen LogP) is 3.52. The number of alkyl halides is 2. The van der Waals surface area contributed by atoms with Gasteiger partial charge in [-0.3, -0.25) is 0 Å². The Morgan fingerprint density at radius 2 is 1.74 bits per heavy atom. The van der Waals surface area contributed by atoms with Crippen molar-refractivity contribution in [2.45, 2.75) is 19.9 Å². The molecule has 5 nitrogen and oxygen atoms in total. The van der Waals surface area contributed by atoms with Crippen LogP contribution in [-0.2, 0) is 6.54 Å². The highest BCUT2D eigenvalue weighted by molar-refractivity contribution is 5.40. The Hall–Kier alpha value is -2.83. The lowest BCUT2D eigenvalue weighted by Gasteiger charge is -2.08. The first-order valence-electron chi connectivity index (χ1n) is 7.10. The third kappa shape index (κ3) is 3.50. The third-order valence-electron chi connectivity index (χ3n) is 3.43. The number of tetrazole rings is 1. The van der Waals surface area contributed by atoms with Crippen molar-refractivity contribution in [1.29, 1.82) is 0 Å². The number of aryl methyl sites for hydroxylation is 1. The molecule has 1 aromatic heterocycles. The van der Waals surface area contributed by atoms with Gasteiger partial charge in [-0.25, -0.2) is 8.78 Å². The molecule has 0 aliphatic rings. The van der Waals surface area contributed by atoms with Crippen molar-refractivity contribution < 1.29 is 8.78 Å². The van der Waals surface area contributed by atoms with Crippen molar-refractivity contribution in [2.75, 3.05) is 5.32 Å². The maximum Gasteiger partial charge on any atom is 0.263 e. The Balaban J connectivity index is 1.72. The average Bonchev–Trinajstić information content (AvgIpc) is 3.02. The second kappa shape index (κ2) is 6.51. The van der Waals surface area contributed by atoms with E-state index in [4.69, 9.17) is 0 Å². The maximum atomic E-state index is 12.5. The molecule has 23 heavy (non-hydrogen) atoms. The summed E-state index contributed by atoms with van der Waals surface area (Å²) in [5, 5.41) is 14.7. The Labute approximate surface area is 132 Å². The number of hydrogen-bond acceptors (Lipinski definition) is 4. The number of benzene rings is 2. The van der Waals surface area contributed by atoms with Crippen molar-refractivity contribution in [3.05, 3.63) is 65.2 Å². The van der Waals surface area contributed by atoms with Crippen LogP contribution in [0.5, 0.6) is 0 Å². The summed E-state index contributed by atoms with van der Waals surface area (Å²) in [7, 11) is 0. The van der Waals surface area contributed by atoms with Crippen molar-refractivity contribution in [3.8, 4) is 5.69 Å². The zero-order valence-corrected chi connectivity index (χ0v) is 12.4. The molecule has 0 atom stereocenters. The standard InChI is InChI=1S/C16H15F2N5/c1-11-2-8-14(9-3-11)23-16(20-21-22-23)19-10-12-4-6-13(7-5-12)15(17)18/h2-9,15H,10H2,1H3,(H,19,20,22). The molecule has 3 rings (SSSR count). The van der Waals surface area contributed by atoms with Crippen LogP contribution in [0.2, 0.25) is 0 Å². The van der Waals surface area contributed by atoms with E-state index in [0.29, 0.717) is 12.5 Å². The molecule has 0 bridgehead atoms. The molecule has 2 aromatic carbocycles. The van der Waals surface area contributed by atoms with Crippen LogP contribution < -0.4 is 5.32 Å². The first-order valence-corrected chi connectivity index (χ1v) is 7.10. The van der Waals surface area contributed by atoms with Crippen LogP contribution in [0.15, 0.2) is 48.5 Å². The van der Waals surface area contributed by atoms with E-state index in [1.165, 1.54) is 12.1 Å². The van der Waals surface area contributed by atoms with Crippen molar-refractivity contribution >= 4 is 5.95 Å². The summed E-state index contributed by atoms with van der Waals surface area (Å²) in [5.74, 6) is 0.492. The number of nitrogens with zero attached hydrogens (tertiary/aromatic N) is 4. The van der Waals surface area contributed by atoms with Gasteiger partial charge in [-0.1, -0.05) is 47.1 Å². The second-order valence-electron chi connectivity index (χ2n) is 5.15. The Morgan fingerprint density at radius 3 is 2.39 bits per heavy atom. The van der Waals surface area contributed by atoms with E-state index in [2.05, 4.69) is 20.8 Å². The molecule has 0 unspecified atom stereocenters. The summed E-state index contributed by atoms with van der Waals surface area (Å²) >= 11 is 0. The lowest BCUT2D eigenvalue weighted by atomic mass is 10.1. The number of anilines is 1. The third-order valence-corrected chi connectivity index (χ3v) is 3.43. The summed E-state index contributed by atoms with van der Waals surface area (Å²) in [4.78, 5) is 0. The van der Waals surface area contributed by atoms with E-state index in [1.54, 1.807) is 16.8 Å². The highest BCUT2D eigenvalue weighted by Crippen LogP contribution is 2.19. The molecule has 1 heterocycles. The van der Waals surface area contributed by atoms with Gasteiger partial charge in [0, 0.05) is 12.1 Å². The Kier molecular flexibility index (Phi) is 4.27. The normalized spacial score (nSPS) is 11.0. The smallest absolute Gasteiger partial charge is 0.263 e. The van der Waals surface area contributed by atoms with Gasteiger partial charge >= 0.3 is 0 Å². The monoisotopic (exact) mass is 315 g/mol. The minimum absolute atomic E-state index is 0.0123. The summed E-state index contributed by atoms with van der Waals surface area (Å²) < 4.78 is 26.7. The van der Waals surface area contributed by atoms with E-state index in [9.17, 15) is 8.78 Å². The molecule has 0 saturated heterocycles. The first kappa shape index (κ1) is 15.1. The molecule has 0 spiro atoms. The minimum atomic E-state index is -2.45. The van der Waals surface area contributed by atoms with E-state index in [0.717, 1.165) is 16.8 Å². The molecule has 0 aliphatic heterocycles. The summed E-state index contributed by atoms with van der Waals surface area (Å²) in [5.41, 5.74) is 2.87. The van der Waals surface area contributed by atoms with E-state index < -0.39 is 6.43 Å². The highest BCUT2D eigenvalue weighted by Gasteiger charge is 2.09. The molecule has 0 saturated carbocycles. The van der Waals surface area contributed by atoms with Gasteiger partial charge in [-0.2, -0.15) is 4.68 Å². The molecule has 0 aliphatic carbocycles. The minimum Gasteiger partial charge on any atom is -0.349 e. The maximum absolute atomic E-state index is 12.5. The molecule has 0 radical (unpaired) electrons. The number of hydrogen-bond donors (Lipinski definition) is 1. The fraction of sp³-hybridized carbons (Fsp3) is 0.188. The van der Waals surface area contributed by atoms with Crippen molar-refractivity contribution in [2.24, 2.45) is 0 Å². The fourth-order valence-electron chi connectivity index (χ4n) is 2.12. The molecule has 1 N–H and O–H groups in total. The van der Waals surface area contributed by atoms with Crippen molar-refractivity contribution in [1.82, 2.24) is 20.2 Å². The van der Waals surface area contributed by atoms with Crippen LogP contribution in [-0.4, -0.2) is 20.2 Å². The van der Waals surface area contributed by atoms with Gasteiger partial charge in [-0.15, -0.1) is 0 Å². The van der Waals surface area contributed by atoms with Crippen LogP contribution in [0.3, 0.4) is 0 Å². The van der Waals surface area contributed by atoms with Gasteiger partial charge < -0.3 is 5.32 Å². The lowest BCUT2D eigenvalue weighted by molar-refractivity contribution is 0.151. The fourth-order valence-corrected chi connectivity index (χ4v) is 2.12. The van der Waals surface area contributed by atoms with Gasteiger partial charge in [0.25, 0.3) is 6.43 Å². The van der Waals surface area contributed by atoms with Crippen LogP contribution in [0.1, 0.15) is 23.1 Å².